The second-order valence-electron chi connectivity index (χ2n) is 6.45. The van der Waals surface area contributed by atoms with E-state index in [4.69, 9.17) is 0 Å². The fourth-order valence-corrected chi connectivity index (χ4v) is 3.79. The van der Waals surface area contributed by atoms with Crippen LogP contribution in [0.5, 0.6) is 0 Å². The molecule has 6 heteroatoms. The van der Waals surface area contributed by atoms with E-state index in [0.717, 1.165) is 24.5 Å². The van der Waals surface area contributed by atoms with Crippen molar-refractivity contribution in [3.8, 4) is 0 Å². The highest BCUT2D eigenvalue weighted by molar-refractivity contribution is 7.12. The highest BCUT2D eigenvalue weighted by atomic mass is 32.1. The lowest BCUT2D eigenvalue weighted by Gasteiger charge is -2.30. The van der Waals surface area contributed by atoms with Gasteiger partial charge in [0, 0.05) is 26.1 Å². The van der Waals surface area contributed by atoms with Gasteiger partial charge in [0.2, 0.25) is 5.91 Å². The van der Waals surface area contributed by atoms with Gasteiger partial charge in [-0.25, -0.2) is 0 Å². The SMILES string of the molecule is O=C(CCCNC(=O)c1cccs1)Nc1ccccc1N1CCCCC1. The number of carbonyl (C=O) groups excluding carboxylic acids is 2. The van der Waals surface area contributed by atoms with Gasteiger partial charge in [-0.2, -0.15) is 0 Å². The number of piperidine rings is 1. The average molecular weight is 372 g/mol. The Labute approximate surface area is 158 Å². The zero-order chi connectivity index (χ0) is 18.2. The van der Waals surface area contributed by atoms with Gasteiger partial charge >= 0.3 is 0 Å². The maximum absolute atomic E-state index is 12.3. The van der Waals surface area contributed by atoms with E-state index in [1.54, 1.807) is 6.07 Å². The smallest absolute Gasteiger partial charge is 0.261 e. The minimum absolute atomic E-state index is 0.0140. The van der Waals surface area contributed by atoms with Crippen molar-refractivity contribution in [3.63, 3.8) is 0 Å². The van der Waals surface area contributed by atoms with Gasteiger partial charge in [-0.3, -0.25) is 9.59 Å². The Morgan fingerprint density at radius 3 is 2.62 bits per heavy atom. The maximum Gasteiger partial charge on any atom is 0.261 e. The van der Waals surface area contributed by atoms with Crippen LogP contribution in [0.1, 0.15) is 41.8 Å². The van der Waals surface area contributed by atoms with Crippen molar-refractivity contribution in [2.75, 3.05) is 29.9 Å². The van der Waals surface area contributed by atoms with Crippen LogP contribution in [-0.4, -0.2) is 31.4 Å². The van der Waals surface area contributed by atoms with Crippen molar-refractivity contribution in [1.29, 1.82) is 0 Å². The van der Waals surface area contributed by atoms with Gasteiger partial charge in [0.05, 0.1) is 16.3 Å². The zero-order valence-electron chi connectivity index (χ0n) is 14.9. The summed E-state index contributed by atoms with van der Waals surface area (Å²) >= 11 is 1.42. The van der Waals surface area contributed by atoms with Crippen molar-refractivity contribution in [2.24, 2.45) is 0 Å². The number of nitrogens with zero attached hydrogens (tertiary/aromatic N) is 1. The summed E-state index contributed by atoms with van der Waals surface area (Å²) in [6.07, 6.45) is 4.69. The molecular formula is C20H25N3O2S. The van der Waals surface area contributed by atoms with Crippen molar-refractivity contribution < 1.29 is 9.59 Å². The Morgan fingerprint density at radius 1 is 1.04 bits per heavy atom. The molecule has 138 valence electrons. The Kier molecular flexibility index (Phi) is 6.66. The number of nitrogens with one attached hydrogen (secondary N) is 2. The Balaban J connectivity index is 1.45. The molecule has 1 saturated heterocycles. The molecule has 1 fully saturated rings. The monoisotopic (exact) mass is 371 g/mol. The molecule has 2 amide bonds. The molecule has 3 rings (SSSR count). The van der Waals surface area contributed by atoms with Crippen molar-refractivity contribution in [3.05, 3.63) is 46.7 Å². The molecule has 0 spiro atoms. The molecule has 0 aliphatic carbocycles. The molecule has 2 heterocycles. The lowest BCUT2D eigenvalue weighted by Crippen LogP contribution is -2.30. The van der Waals surface area contributed by atoms with E-state index in [0.29, 0.717) is 24.3 Å². The third-order valence-electron chi connectivity index (χ3n) is 4.49. The molecule has 0 unspecified atom stereocenters. The first-order valence-electron chi connectivity index (χ1n) is 9.19. The minimum Gasteiger partial charge on any atom is -0.370 e. The lowest BCUT2D eigenvalue weighted by molar-refractivity contribution is -0.116. The summed E-state index contributed by atoms with van der Waals surface area (Å²) in [7, 11) is 0. The lowest BCUT2D eigenvalue weighted by atomic mass is 10.1. The Hall–Kier alpha value is -2.34. The zero-order valence-corrected chi connectivity index (χ0v) is 15.7. The number of amides is 2. The summed E-state index contributed by atoms with van der Waals surface area (Å²) in [6.45, 7) is 2.58. The fourth-order valence-electron chi connectivity index (χ4n) is 3.15. The molecule has 0 radical (unpaired) electrons. The quantitative estimate of drug-likeness (QED) is 0.726. The number of carbonyl (C=O) groups is 2. The molecule has 0 saturated carbocycles. The Bertz CT molecular complexity index is 724. The van der Waals surface area contributed by atoms with E-state index in [1.165, 1.54) is 30.6 Å². The van der Waals surface area contributed by atoms with E-state index >= 15 is 0 Å². The number of hydrogen-bond donors (Lipinski definition) is 2. The molecule has 2 N–H and O–H groups in total. The number of rotatable bonds is 7. The summed E-state index contributed by atoms with van der Waals surface area (Å²) in [4.78, 5) is 27.2. The predicted octanol–water partition coefficient (Wildman–Crippen LogP) is 3.89. The second-order valence-corrected chi connectivity index (χ2v) is 7.40. The van der Waals surface area contributed by atoms with Crippen molar-refractivity contribution in [1.82, 2.24) is 5.32 Å². The van der Waals surface area contributed by atoms with Gasteiger partial charge in [0.15, 0.2) is 0 Å². The number of thiophene rings is 1. The molecular weight excluding hydrogens is 346 g/mol. The first-order chi connectivity index (χ1) is 12.7. The summed E-state index contributed by atoms with van der Waals surface area (Å²) < 4.78 is 0. The van der Waals surface area contributed by atoms with Crippen molar-refractivity contribution in [2.45, 2.75) is 32.1 Å². The number of benzene rings is 1. The third kappa shape index (κ3) is 5.08. The molecule has 1 aromatic heterocycles. The van der Waals surface area contributed by atoms with Gasteiger partial charge < -0.3 is 15.5 Å². The minimum atomic E-state index is -0.0733. The standard InChI is InChI=1S/C20H25N3O2S/c24-19(11-6-12-21-20(25)18-10-7-15-26-18)22-16-8-2-3-9-17(16)23-13-4-1-5-14-23/h2-3,7-10,15H,1,4-6,11-14H2,(H,21,25)(H,22,24). The fraction of sp³-hybridized carbons (Fsp3) is 0.400. The molecule has 1 aliphatic rings. The van der Waals surface area contributed by atoms with Crippen LogP contribution in [0.2, 0.25) is 0 Å². The summed E-state index contributed by atoms with van der Waals surface area (Å²) in [5, 5.41) is 7.76. The van der Waals surface area contributed by atoms with Gasteiger partial charge in [0.25, 0.3) is 5.91 Å². The molecule has 2 aromatic rings. The second kappa shape index (κ2) is 9.38. The van der Waals surface area contributed by atoms with Gasteiger partial charge in [-0.1, -0.05) is 18.2 Å². The number of anilines is 2. The van der Waals surface area contributed by atoms with Crippen LogP contribution < -0.4 is 15.5 Å². The van der Waals surface area contributed by atoms with Crippen LogP contribution in [0.15, 0.2) is 41.8 Å². The number of para-hydroxylation sites is 2. The topological polar surface area (TPSA) is 61.4 Å². The van der Waals surface area contributed by atoms with E-state index < -0.39 is 0 Å². The van der Waals surface area contributed by atoms with E-state index in [1.807, 2.05) is 29.6 Å². The molecule has 5 nitrogen and oxygen atoms in total. The van der Waals surface area contributed by atoms with E-state index in [2.05, 4.69) is 21.6 Å². The first-order valence-corrected chi connectivity index (χ1v) is 10.1. The van der Waals surface area contributed by atoms with Crippen molar-refractivity contribution >= 4 is 34.5 Å². The normalized spacial score (nSPS) is 14.1. The third-order valence-corrected chi connectivity index (χ3v) is 5.35. The first kappa shape index (κ1) is 18.5. The average Bonchev–Trinajstić information content (AvgIpc) is 3.21. The summed E-state index contributed by atoms with van der Waals surface area (Å²) in [5.41, 5.74) is 1.98. The largest absolute Gasteiger partial charge is 0.370 e. The molecule has 0 bridgehead atoms. The van der Waals surface area contributed by atoms with Gasteiger partial charge in [-0.15, -0.1) is 11.3 Å². The molecule has 1 aliphatic heterocycles. The van der Waals surface area contributed by atoms with Gasteiger partial charge in [0.1, 0.15) is 0 Å². The van der Waals surface area contributed by atoms with E-state index in [-0.39, 0.29) is 11.8 Å². The predicted molar refractivity (Wildman–Crippen MR) is 107 cm³/mol. The maximum atomic E-state index is 12.3. The molecule has 26 heavy (non-hydrogen) atoms. The highest BCUT2D eigenvalue weighted by Crippen LogP contribution is 2.28. The highest BCUT2D eigenvalue weighted by Gasteiger charge is 2.15. The van der Waals surface area contributed by atoms with Crippen LogP contribution in [0.3, 0.4) is 0 Å². The summed E-state index contributed by atoms with van der Waals surface area (Å²) in [6, 6.07) is 11.6. The number of hydrogen-bond acceptors (Lipinski definition) is 4. The van der Waals surface area contributed by atoms with Crippen LogP contribution in [-0.2, 0) is 4.79 Å². The van der Waals surface area contributed by atoms with Crippen LogP contribution >= 0.6 is 11.3 Å². The Morgan fingerprint density at radius 2 is 1.85 bits per heavy atom. The van der Waals surface area contributed by atoms with Crippen LogP contribution in [0.25, 0.3) is 0 Å². The molecule has 1 aromatic carbocycles. The van der Waals surface area contributed by atoms with Crippen LogP contribution in [0, 0.1) is 0 Å². The van der Waals surface area contributed by atoms with E-state index in [9.17, 15) is 9.59 Å². The van der Waals surface area contributed by atoms with Crippen LogP contribution in [0.4, 0.5) is 11.4 Å². The summed E-state index contributed by atoms with van der Waals surface area (Å²) in [5.74, 6) is -0.0873. The molecule has 0 atom stereocenters. The van der Waals surface area contributed by atoms with Gasteiger partial charge in [-0.05, 0) is 49.3 Å².